The number of nitrogens with zero attached hydrogens (tertiary/aromatic N) is 1. The zero-order valence-corrected chi connectivity index (χ0v) is 12.0. The number of ether oxygens (including phenoxy) is 1. The first-order chi connectivity index (χ1) is 8.70. The Labute approximate surface area is 117 Å². The summed E-state index contributed by atoms with van der Waals surface area (Å²) in [6, 6.07) is 6.99. The molecule has 0 amide bonds. The van der Waals surface area contributed by atoms with Gasteiger partial charge in [0.15, 0.2) is 6.04 Å². The number of nitrogens with one attached hydrogen (secondary N) is 1. The van der Waals surface area contributed by atoms with Crippen molar-refractivity contribution in [2.24, 2.45) is 0 Å². The summed E-state index contributed by atoms with van der Waals surface area (Å²) in [5, 5.41) is 5.62. The first-order valence-electron chi connectivity index (χ1n) is 5.20. The molecule has 0 aliphatic rings. The first-order valence-corrected chi connectivity index (χ1v) is 6.87. The van der Waals surface area contributed by atoms with Gasteiger partial charge < -0.3 is 10.1 Å². The molecule has 4 nitrogen and oxygen atoms in total. The summed E-state index contributed by atoms with van der Waals surface area (Å²) in [6.45, 7) is 0. The van der Waals surface area contributed by atoms with Crippen molar-refractivity contribution in [3.63, 3.8) is 0 Å². The number of rotatable bonds is 4. The molecule has 1 aromatic carbocycles. The van der Waals surface area contributed by atoms with Gasteiger partial charge in [-0.1, -0.05) is 15.9 Å². The number of carbonyl (C=O) groups excluding carboxylic acids is 1. The van der Waals surface area contributed by atoms with Crippen molar-refractivity contribution < 1.29 is 9.53 Å². The van der Waals surface area contributed by atoms with E-state index in [9.17, 15) is 4.79 Å². The molecule has 0 fully saturated rings. The van der Waals surface area contributed by atoms with E-state index in [1.54, 1.807) is 6.20 Å². The standard InChI is InChI=1S/C12H11BrN2O2S/c1-17-12(16)10(11-14-6-7-18-11)15-9-4-2-8(13)3-5-9/h2-7,10,15H,1H3. The summed E-state index contributed by atoms with van der Waals surface area (Å²) >= 11 is 4.78. The topological polar surface area (TPSA) is 51.2 Å². The summed E-state index contributed by atoms with van der Waals surface area (Å²) < 4.78 is 5.77. The lowest BCUT2D eigenvalue weighted by Crippen LogP contribution is -2.22. The van der Waals surface area contributed by atoms with Gasteiger partial charge in [0.25, 0.3) is 0 Å². The van der Waals surface area contributed by atoms with Crippen LogP contribution >= 0.6 is 27.3 Å². The third-order valence-electron chi connectivity index (χ3n) is 2.29. The van der Waals surface area contributed by atoms with E-state index >= 15 is 0 Å². The van der Waals surface area contributed by atoms with Crippen LogP contribution in [0.3, 0.4) is 0 Å². The molecule has 1 aromatic heterocycles. The number of halogens is 1. The van der Waals surface area contributed by atoms with E-state index in [-0.39, 0.29) is 5.97 Å². The second-order valence-electron chi connectivity index (χ2n) is 3.48. The maximum absolute atomic E-state index is 11.8. The van der Waals surface area contributed by atoms with Gasteiger partial charge in [0.1, 0.15) is 5.01 Å². The predicted octanol–water partition coefficient (Wildman–Crippen LogP) is 3.23. The van der Waals surface area contributed by atoms with Crippen molar-refractivity contribution in [2.75, 3.05) is 12.4 Å². The fourth-order valence-electron chi connectivity index (χ4n) is 1.43. The summed E-state index contributed by atoms with van der Waals surface area (Å²) in [4.78, 5) is 15.9. The highest BCUT2D eigenvalue weighted by atomic mass is 79.9. The van der Waals surface area contributed by atoms with Gasteiger partial charge in [0, 0.05) is 21.7 Å². The number of hydrogen-bond donors (Lipinski definition) is 1. The van der Waals surface area contributed by atoms with Gasteiger partial charge in [-0.15, -0.1) is 11.3 Å². The van der Waals surface area contributed by atoms with Gasteiger partial charge in [0.2, 0.25) is 0 Å². The van der Waals surface area contributed by atoms with Crippen LogP contribution < -0.4 is 5.32 Å². The molecular formula is C12H11BrN2O2S. The Morgan fingerprint density at radius 2 is 2.17 bits per heavy atom. The quantitative estimate of drug-likeness (QED) is 0.876. The monoisotopic (exact) mass is 326 g/mol. The minimum Gasteiger partial charge on any atom is -0.467 e. The number of anilines is 1. The fraction of sp³-hybridized carbons (Fsp3) is 0.167. The molecule has 0 saturated carbocycles. The van der Waals surface area contributed by atoms with Crippen LogP contribution in [0, 0.1) is 0 Å². The Hall–Kier alpha value is -1.40. The molecule has 1 atom stereocenters. The third-order valence-corrected chi connectivity index (χ3v) is 3.66. The van der Waals surface area contributed by atoms with Crippen molar-refractivity contribution in [2.45, 2.75) is 6.04 Å². The molecule has 0 saturated heterocycles. The molecule has 94 valence electrons. The second-order valence-corrected chi connectivity index (χ2v) is 5.32. The van der Waals surface area contributed by atoms with Crippen molar-refractivity contribution in [1.29, 1.82) is 0 Å². The molecular weight excluding hydrogens is 316 g/mol. The number of benzene rings is 1. The first kappa shape index (κ1) is 13.0. The van der Waals surface area contributed by atoms with Gasteiger partial charge in [-0.2, -0.15) is 0 Å². The predicted molar refractivity (Wildman–Crippen MR) is 74.6 cm³/mol. The van der Waals surface area contributed by atoms with E-state index in [4.69, 9.17) is 4.74 Å². The number of esters is 1. The smallest absolute Gasteiger partial charge is 0.335 e. The summed E-state index contributed by atoms with van der Waals surface area (Å²) in [7, 11) is 1.37. The van der Waals surface area contributed by atoms with Crippen LogP contribution in [0.1, 0.15) is 11.0 Å². The number of methoxy groups -OCH3 is 1. The Morgan fingerprint density at radius 1 is 1.44 bits per heavy atom. The van der Waals surface area contributed by atoms with E-state index in [0.29, 0.717) is 5.01 Å². The van der Waals surface area contributed by atoms with Gasteiger partial charge >= 0.3 is 5.97 Å². The van der Waals surface area contributed by atoms with Crippen molar-refractivity contribution >= 4 is 38.9 Å². The largest absolute Gasteiger partial charge is 0.467 e. The number of hydrogen-bond acceptors (Lipinski definition) is 5. The zero-order chi connectivity index (χ0) is 13.0. The number of aromatic nitrogens is 1. The lowest BCUT2D eigenvalue weighted by molar-refractivity contribution is -0.141. The molecule has 0 aliphatic heterocycles. The highest BCUT2D eigenvalue weighted by Gasteiger charge is 2.23. The van der Waals surface area contributed by atoms with Crippen LogP contribution in [0.4, 0.5) is 5.69 Å². The third kappa shape index (κ3) is 3.08. The molecule has 1 unspecified atom stereocenters. The van der Waals surface area contributed by atoms with E-state index in [2.05, 4.69) is 26.2 Å². The minimum atomic E-state index is -0.573. The van der Waals surface area contributed by atoms with Crippen LogP contribution in [-0.2, 0) is 9.53 Å². The fourth-order valence-corrected chi connectivity index (χ4v) is 2.37. The van der Waals surface area contributed by atoms with Crippen LogP contribution in [0.2, 0.25) is 0 Å². The molecule has 1 N–H and O–H groups in total. The molecule has 18 heavy (non-hydrogen) atoms. The summed E-state index contributed by atoms with van der Waals surface area (Å²) in [6.07, 6.45) is 1.67. The Bertz CT molecular complexity index is 513. The molecule has 0 bridgehead atoms. The summed E-state index contributed by atoms with van der Waals surface area (Å²) in [5.41, 5.74) is 0.837. The molecule has 0 radical (unpaired) electrons. The molecule has 2 aromatic rings. The lowest BCUT2D eigenvalue weighted by atomic mass is 10.2. The van der Waals surface area contributed by atoms with Crippen molar-refractivity contribution in [3.8, 4) is 0 Å². The van der Waals surface area contributed by atoms with Crippen LogP contribution in [0.5, 0.6) is 0 Å². The van der Waals surface area contributed by atoms with E-state index < -0.39 is 6.04 Å². The molecule has 6 heteroatoms. The Balaban J connectivity index is 2.20. The van der Waals surface area contributed by atoms with E-state index in [1.807, 2.05) is 29.6 Å². The number of carbonyl (C=O) groups is 1. The lowest BCUT2D eigenvalue weighted by Gasteiger charge is -2.15. The highest BCUT2D eigenvalue weighted by Crippen LogP contribution is 2.23. The van der Waals surface area contributed by atoms with Gasteiger partial charge in [0.05, 0.1) is 7.11 Å². The summed E-state index contributed by atoms with van der Waals surface area (Å²) in [5.74, 6) is -0.354. The van der Waals surface area contributed by atoms with Gasteiger partial charge in [-0.05, 0) is 24.3 Å². The Kier molecular flexibility index (Phi) is 4.33. The average molecular weight is 327 g/mol. The number of thiazole rings is 1. The van der Waals surface area contributed by atoms with E-state index in [1.165, 1.54) is 18.4 Å². The maximum atomic E-state index is 11.8. The van der Waals surface area contributed by atoms with Crippen molar-refractivity contribution in [1.82, 2.24) is 4.98 Å². The molecule has 1 heterocycles. The zero-order valence-electron chi connectivity index (χ0n) is 9.59. The maximum Gasteiger partial charge on any atom is 0.335 e. The highest BCUT2D eigenvalue weighted by molar-refractivity contribution is 9.10. The van der Waals surface area contributed by atoms with Crippen molar-refractivity contribution in [3.05, 3.63) is 45.3 Å². The van der Waals surface area contributed by atoms with Crippen LogP contribution in [0.15, 0.2) is 40.3 Å². The molecule has 0 aliphatic carbocycles. The van der Waals surface area contributed by atoms with Crippen LogP contribution in [-0.4, -0.2) is 18.1 Å². The van der Waals surface area contributed by atoms with E-state index in [0.717, 1.165) is 10.2 Å². The average Bonchev–Trinajstić information content (AvgIpc) is 2.91. The van der Waals surface area contributed by atoms with Gasteiger partial charge in [-0.3, -0.25) is 0 Å². The normalized spacial score (nSPS) is 11.9. The Morgan fingerprint density at radius 3 is 2.72 bits per heavy atom. The molecule has 2 rings (SSSR count). The second kappa shape index (κ2) is 5.97. The molecule has 0 spiro atoms. The SMILES string of the molecule is COC(=O)C(Nc1ccc(Br)cc1)c1nccs1. The minimum absolute atomic E-state index is 0.354. The van der Waals surface area contributed by atoms with Gasteiger partial charge in [-0.25, -0.2) is 9.78 Å². The van der Waals surface area contributed by atoms with Crippen LogP contribution in [0.25, 0.3) is 0 Å².